The minimum absolute atomic E-state index is 0.110. The fourth-order valence-electron chi connectivity index (χ4n) is 3.40. The van der Waals surface area contributed by atoms with Crippen LogP contribution in [0.2, 0.25) is 10.0 Å². The van der Waals surface area contributed by atoms with E-state index in [0.717, 1.165) is 16.1 Å². The van der Waals surface area contributed by atoms with Crippen LogP contribution in [-0.2, 0) is 26.2 Å². The molecule has 0 aliphatic heterocycles. The summed E-state index contributed by atoms with van der Waals surface area (Å²) in [6, 6.07) is 12.4. The molecule has 10 heteroatoms. The molecule has 0 saturated heterocycles. The van der Waals surface area contributed by atoms with Crippen molar-refractivity contribution in [2.45, 2.75) is 52.2 Å². The van der Waals surface area contributed by atoms with Crippen LogP contribution in [0.4, 0.5) is 5.69 Å². The lowest BCUT2D eigenvalue weighted by Gasteiger charge is -2.34. The molecule has 2 rings (SSSR count). The lowest BCUT2D eigenvalue weighted by Crippen LogP contribution is -2.55. The average Bonchev–Trinajstić information content (AvgIpc) is 2.71. The highest BCUT2D eigenvalue weighted by Crippen LogP contribution is 2.23. The molecule has 0 radical (unpaired) electrons. The highest BCUT2D eigenvalue weighted by atomic mass is 35.5. The van der Waals surface area contributed by atoms with Crippen molar-refractivity contribution in [1.82, 2.24) is 10.2 Å². The number of benzene rings is 2. The number of hydrogen-bond donors (Lipinski definition) is 1. The summed E-state index contributed by atoms with van der Waals surface area (Å²) in [5.74, 6) is -0.831. The normalized spacial score (nSPS) is 12.7. The Morgan fingerprint density at radius 3 is 2.15 bits per heavy atom. The number of nitrogens with one attached hydrogen (secondary N) is 1. The molecule has 0 aromatic heterocycles. The Bertz CT molecular complexity index is 1120. The van der Waals surface area contributed by atoms with Crippen molar-refractivity contribution < 1.29 is 18.0 Å². The third-order valence-electron chi connectivity index (χ3n) is 4.93. The van der Waals surface area contributed by atoms with Gasteiger partial charge >= 0.3 is 0 Å². The molecule has 1 atom stereocenters. The van der Waals surface area contributed by atoms with Gasteiger partial charge in [-0.1, -0.05) is 48.3 Å². The quantitative estimate of drug-likeness (QED) is 0.520. The van der Waals surface area contributed by atoms with Crippen LogP contribution in [0.3, 0.4) is 0 Å². The zero-order valence-corrected chi connectivity index (χ0v) is 22.3. The molecule has 0 fully saturated rings. The van der Waals surface area contributed by atoms with Crippen LogP contribution < -0.4 is 9.62 Å². The number of hydrogen-bond acceptors (Lipinski definition) is 4. The number of rotatable bonds is 9. The smallest absolute Gasteiger partial charge is 0.244 e. The molecule has 34 heavy (non-hydrogen) atoms. The van der Waals surface area contributed by atoms with E-state index in [4.69, 9.17) is 23.2 Å². The summed E-state index contributed by atoms with van der Waals surface area (Å²) >= 11 is 12.0. The van der Waals surface area contributed by atoms with Crippen molar-refractivity contribution in [3.8, 4) is 0 Å². The Morgan fingerprint density at radius 2 is 1.65 bits per heavy atom. The van der Waals surface area contributed by atoms with E-state index in [2.05, 4.69) is 5.32 Å². The first-order valence-electron chi connectivity index (χ1n) is 10.8. The number of nitrogens with zero attached hydrogens (tertiary/aromatic N) is 2. The number of anilines is 1. The molecule has 0 aliphatic rings. The van der Waals surface area contributed by atoms with Crippen molar-refractivity contribution in [3.05, 3.63) is 64.1 Å². The van der Waals surface area contributed by atoms with Gasteiger partial charge in [-0.2, -0.15) is 0 Å². The van der Waals surface area contributed by atoms with Crippen LogP contribution >= 0.6 is 23.2 Å². The van der Waals surface area contributed by atoms with Crippen molar-refractivity contribution in [1.29, 1.82) is 0 Å². The van der Waals surface area contributed by atoms with Gasteiger partial charge in [0.15, 0.2) is 0 Å². The SMILES string of the molecule is CCC(C(=O)NC(C)(C)C)N(Cc1ccc(Cl)cc1)C(=O)CN(c1cccc(Cl)c1)S(C)(=O)=O. The van der Waals surface area contributed by atoms with E-state index in [1.807, 2.05) is 20.8 Å². The van der Waals surface area contributed by atoms with Crippen LogP contribution in [0.25, 0.3) is 0 Å². The molecule has 2 aromatic rings. The summed E-state index contributed by atoms with van der Waals surface area (Å²) in [7, 11) is -3.81. The van der Waals surface area contributed by atoms with E-state index in [-0.39, 0.29) is 18.1 Å². The van der Waals surface area contributed by atoms with E-state index in [9.17, 15) is 18.0 Å². The van der Waals surface area contributed by atoms with E-state index < -0.39 is 34.1 Å². The summed E-state index contributed by atoms with van der Waals surface area (Å²) in [6.45, 7) is 7.00. The summed E-state index contributed by atoms with van der Waals surface area (Å²) in [5, 5.41) is 3.81. The lowest BCUT2D eigenvalue weighted by molar-refractivity contribution is -0.141. The van der Waals surface area contributed by atoms with Gasteiger partial charge in [-0.3, -0.25) is 13.9 Å². The lowest BCUT2D eigenvalue weighted by atomic mass is 10.1. The molecule has 2 amide bonds. The minimum Gasteiger partial charge on any atom is -0.350 e. The van der Waals surface area contributed by atoms with Gasteiger partial charge in [0.1, 0.15) is 12.6 Å². The molecule has 0 aliphatic carbocycles. The van der Waals surface area contributed by atoms with Crippen molar-refractivity contribution in [2.24, 2.45) is 0 Å². The Kier molecular flexibility index (Phi) is 9.39. The summed E-state index contributed by atoms with van der Waals surface area (Å²) in [4.78, 5) is 28.1. The minimum atomic E-state index is -3.81. The van der Waals surface area contributed by atoms with Crippen molar-refractivity contribution >= 4 is 50.7 Å². The predicted octanol–water partition coefficient (Wildman–Crippen LogP) is 4.48. The van der Waals surface area contributed by atoms with E-state index in [1.54, 1.807) is 49.4 Å². The largest absolute Gasteiger partial charge is 0.350 e. The Balaban J connectivity index is 2.45. The van der Waals surface area contributed by atoms with Gasteiger partial charge in [-0.15, -0.1) is 0 Å². The first-order valence-corrected chi connectivity index (χ1v) is 13.4. The number of amides is 2. The van der Waals surface area contributed by atoms with Gasteiger partial charge in [-0.05, 0) is 63.1 Å². The molecular formula is C24H31Cl2N3O4S. The van der Waals surface area contributed by atoms with Crippen LogP contribution in [0.15, 0.2) is 48.5 Å². The van der Waals surface area contributed by atoms with E-state index in [0.29, 0.717) is 16.5 Å². The van der Waals surface area contributed by atoms with Gasteiger partial charge in [0.05, 0.1) is 11.9 Å². The van der Waals surface area contributed by atoms with Crippen LogP contribution in [0, 0.1) is 0 Å². The topological polar surface area (TPSA) is 86.8 Å². The van der Waals surface area contributed by atoms with Crippen LogP contribution in [-0.4, -0.2) is 49.5 Å². The van der Waals surface area contributed by atoms with Gasteiger partial charge < -0.3 is 10.2 Å². The maximum atomic E-state index is 13.6. The monoisotopic (exact) mass is 527 g/mol. The molecule has 1 unspecified atom stereocenters. The fraction of sp³-hybridized carbons (Fsp3) is 0.417. The van der Waals surface area contributed by atoms with Gasteiger partial charge in [0.2, 0.25) is 21.8 Å². The molecule has 1 N–H and O–H groups in total. The van der Waals surface area contributed by atoms with Gasteiger partial charge in [-0.25, -0.2) is 8.42 Å². The zero-order chi connectivity index (χ0) is 25.7. The van der Waals surface area contributed by atoms with Crippen LogP contribution in [0.1, 0.15) is 39.7 Å². The van der Waals surface area contributed by atoms with Crippen LogP contribution in [0.5, 0.6) is 0 Å². The molecular weight excluding hydrogens is 497 g/mol. The Hall–Kier alpha value is -2.29. The molecule has 0 saturated carbocycles. The molecule has 0 heterocycles. The average molecular weight is 529 g/mol. The first kappa shape index (κ1) is 28.0. The van der Waals surface area contributed by atoms with Gasteiger partial charge in [0.25, 0.3) is 0 Å². The number of sulfonamides is 1. The second-order valence-electron chi connectivity index (χ2n) is 9.06. The van der Waals surface area contributed by atoms with E-state index in [1.165, 1.54) is 11.0 Å². The maximum absolute atomic E-state index is 13.6. The summed E-state index contributed by atoms with van der Waals surface area (Å²) in [6.07, 6.45) is 1.37. The predicted molar refractivity (Wildman–Crippen MR) is 138 cm³/mol. The standard InChI is InChI=1S/C24H31Cl2N3O4S/c1-6-21(23(31)27-24(2,3)4)28(15-17-10-12-18(25)13-11-17)22(30)16-29(34(5,32)33)20-9-7-8-19(26)14-20/h7-14,21H,6,15-16H2,1-5H3,(H,27,31). The highest BCUT2D eigenvalue weighted by molar-refractivity contribution is 7.92. The summed E-state index contributed by atoms with van der Waals surface area (Å²) < 4.78 is 26.1. The Labute approximate surface area is 212 Å². The fourth-order valence-corrected chi connectivity index (χ4v) is 4.56. The number of halogens is 2. The maximum Gasteiger partial charge on any atom is 0.244 e. The summed E-state index contributed by atoms with van der Waals surface area (Å²) in [5.41, 5.74) is 0.523. The Morgan fingerprint density at radius 1 is 1.03 bits per heavy atom. The number of carbonyl (C=O) groups excluding carboxylic acids is 2. The van der Waals surface area contributed by atoms with E-state index >= 15 is 0 Å². The molecule has 7 nitrogen and oxygen atoms in total. The first-order chi connectivity index (χ1) is 15.7. The molecule has 0 bridgehead atoms. The second kappa shape index (κ2) is 11.4. The molecule has 0 spiro atoms. The van der Waals surface area contributed by atoms with Crippen molar-refractivity contribution in [3.63, 3.8) is 0 Å². The molecule has 2 aromatic carbocycles. The zero-order valence-electron chi connectivity index (χ0n) is 20.0. The van der Waals surface area contributed by atoms with Gasteiger partial charge in [0, 0.05) is 22.1 Å². The third-order valence-corrected chi connectivity index (χ3v) is 6.55. The van der Waals surface area contributed by atoms with Crippen molar-refractivity contribution in [2.75, 3.05) is 17.1 Å². The highest BCUT2D eigenvalue weighted by Gasteiger charge is 2.33. The second-order valence-corrected chi connectivity index (χ2v) is 11.8. The third kappa shape index (κ3) is 8.18. The molecule has 186 valence electrons. The number of carbonyl (C=O) groups is 2.